The summed E-state index contributed by atoms with van der Waals surface area (Å²) in [5.74, 6) is -1.73. The van der Waals surface area contributed by atoms with Gasteiger partial charge in [-0.25, -0.2) is 4.79 Å². The molecule has 3 rings (SSSR count). The summed E-state index contributed by atoms with van der Waals surface area (Å²) in [4.78, 5) is 36.8. The van der Waals surface area contributed by atoms with Gasteiger partial charge in [0.1, 0.15) is 11.5 Å². The monoisotopic (exact) mass is 326 g/mol. The molecule has 6 heteroatoms. The Morgan fingerprint density at radius 1 is 1.00 bits per heavy atom. The SMILES string of the molecule is CCOC(=O)COc1ccc(O)c2c1C(=O)c1ccccc1C2=O. The van der Waals surface area contributed by atoms with Gasteiger partial charge in [0.05, 0.1) is 17.7 Å². The van der Waals surface area contributed by atoms with Gasteiger partial charge in [0.25, 0.3) is 0 Å². The maximum atomic E-state index is 12.7. The molecule has 122 valence electrons. The fourth-order valence-corrected chi connectivity index (χ4v) is 2.64. The smallest absolute Gasteiger partial charge is 0.344 e. The van der Waals surface area contributed by atoms with Crippen LogP contribution in [0.25, 0.3) is 0 Å². The van der Waals surface area contributed by atoms with Crippen LogP contribution < -0.4 is 4.74 Å². The van der Waals surface area contributed by atoms with E-state index in [0.29, 0.717) is 0 Å². The Bertz CT molecular complexity index is 853. The van der Waals surface area contributed by atoms with Crippen molar-refractivity contribution in [3.05, 3.63) is 58.7 Å². The second-order valence-electron chi connectivity index (χ2n) is 5.13. The number of phenolic OH excluding ortho intramolecular Hbond substituents is 1. The Morgan fingerprint density at radius 3 is 2.25 bits per heavy atom. The maximum absolute atomic E-state index is 12.7. The van der Waals surface area contributed by atoms with Crippen molar-refractivity contribution < 1.29 is 29.0 Å². The van der Waals surface area contributed by atoms with E-state index in [1.165, 1.54) is 24.3 Å². The Morgan fingerprint density at radius 2 is 1.62 bits per heavy atom. The van der Waals surface area contributed by atoms with Gasteiger partial charge >= 0.3 is 5.97 Å². The van der Waals surface area contributed by atoms with Gasteiger partial charge in [0.2, 0.25) is 0 Å². The highest BCUT2D eigenvalue weighted by Gasteiger charge is 2.34. The van der Waals surface area contributed by atoms with Crippen molar-refractivity contribution >= 4 is 17.5 Å². The van der Waals surface area contributed by atoms with Gasteiger partial charge in [-0.15, -0.1) is 0 Å². The van der Waals surface area contributed by atoms with E-state index in [9.17, 15) is 19.5 Å². The molecule has 2 aromatic rings. The summed E-state index contributed by atoms with van der Waals surface area (Å²) in [6.45, 7) is 1.48. The third-order valence-electron chi connectivity index (χ3n) is 3.67. The van der Waals surface area contributed by atoms with Gasteiger partial charge in [-0.3, -0.25) is 9.59 Å². The Hall–Kier alpha value is -3.15. The van der Waals surface area contributed by atoms with E-state index in [4.69, 9.17) is 9.47 Å². The molecule has 0 saturated heterocycles. The molecule has 0 aliphatic heterocycles. The Kier molecular flexibility index (Phi) is 4.04. The lowest BCUT2D eigenvalue weighted by Gasteiger charge is -2.20. The van der Waals surface area contributed by atoms with Gasteiger partial charge in [0.15, 0.2) is 18.2 Å². The fourth-order valence-electron chi connectivity index (χ4n) is 2.64. The van der Waals surface area contributed by atoms with Crippen molar-refractivity contribution in [3.8, 4) is 11.5 Å². The summed E-state index contributed by atoms with van der Waals surface area (Å²) >= 11 is 0. The molecule has 0 saturated carbocycles. The van der Waals surface area contributed by atoms with Crippen LogP contribution in [0.3, 0.4) is 0 Å². The molecule has 0 fully saturated rings. The summed E-state index contributed by atoms with van der Waals surface area (Å²) in [7, 11) is 0. The first-order valence-electron chi connectivity index (χ1n) is 7.37. The molecule has 24 heavy (non-hydrogen) atoms. The summed E-state index contributed by atoms with van der Waals surface area (Å²) in [6, 6.07) is 8.98. The molecular weight excluding hydrogens is 312 g/mol. The molecule has 0 heterocycles. The van der Waals surface area contributed by atoms with Crippen LogP contribution in [0.4, 0.5) is 0 Å². The highest BCUT2D eigenvalue weighted by Crippen LogP contribution is 2.37. The summed E-state index contributed by atoms with van der Waals surface area (Å²) in [5.41, 5.74) is 0.317. The lowest BCUT2D eigenvalue weighted by Crippen LogP contribution is -2.23. The second kappa shape index (κ2) is 6.16. The maximum Gasteiger partial charge on any atom is 0.344 e. The molecule has 6 nitrogen and oxygen atoms in total. The average Bonchev–Trinajstić information content (AvgIpc) is 2.58. The zero-order chi connectivity index (χ0) is 17.3. The largest absolute Gasteiger partial charge is 0.507 e. The minimum absolute atomic E-state index is 0.0389. The summed E-state index contributed by atoms with van der Waals surface area (Å²) in [6.07, 6.45) is 0. The van der Waals surface area contributed by atoms with Crippen LogP contribution in [-0.4, -0.2) is 35.9 Å². The molecule has 2 aromatic carbocycles. The summed E-state index contributed by atoms with van der Waals surface area (Å²) in [5, 5.41) is 10.0. The number of rotatable bonds is 4. The molecule has 0 atom stereocenters. The van der Waals surface area contributed by atoms with E-state index in [2.05, 4.69) is 0 Å². The van der Waals surface area contributed by atoms with E-state index >= 15 is 0 Å². The van der Waals surface area contributed by atoms with Crippen molar-refractivity contribution in [1.82, 2.24) is 0 Å². The highest BCUT2D eigenvalue weighted by atomic mass is 16.6. The third kappa shape index (κ3) is 2.52. The minimum Gasteiger partial charge on any atom is -0.507 e. The minimum atomic E-state index is -0.589. The number of hydrogen-bond donors (Lipinski definition) is 1. The number of carbonyl (C=O) groups excluding carboxylic acids is 3. The second-order valence-corrected chi connectivity index (χ2v) is 5.13. The van der Waals surface area contributed by atoms with Crippen molar-refractivity contribution in [2.24, 2.45) is 0 Å². The Balaban J connectivity index is 2.05. The lowest BCUT2D eigenvalue weighted by atomic mass is 9.83. The van der Waals surface area contributed by atoms with E-state index in [0.717, 1.165) is 0 Å². The van der Waals surface area contributed by atoms with Crippen LogP contribution in [0.15, 0.2) is 36.4 Å². The molecule has 0 amide bonds. The lowest BCUT2D eigenvalue weighted by molar-refractivity contribution is -0.145. The van der Waals surface area contributed by atoms with E-state index in [1.807, 2.05) is 0 Å². The van der Waals surface area contributed by atoms with Crippen molar-refractivity contribution in [3.63, 3.8) is 0 Å². The number of aromatic hydroxyl groups is 1. The molecule has 0 unspecified atom stereocenters. The first-order valence-corrected chi connectivity index (χ1v) is 7.37. The van der Waals surface area contributed by atoms with Crippen molar-refractivity contribution in [2.75, 3.05) is 13.2 Å². The quantitative estimate of drug-likeness (QED) is 0.739. The molecule has 0 radical (unpaired) electrons. The van der Waals surface area contributed by atoms with Gasteiger partial charge < -0.3 is 14.6 Å². The van der Waals surface area contributed by atoms with E-state index in [1.54, 1.807) is 19.1 Å². The van der Waals surface area contributed by atoms with Crippen molar-refractivity contribution in [1.29, 1.82) is 0 Å². The molecule has 1 aliphatic rings. The Labute approximate surface area is 137 Å². The van der Waals surface area contributed by atoms with Crippen LogP contribution in [0.1, 0.15) is 38.8 Å². The van der Waals surface area contributed by atoms with Crippen LogP contribution >= 0.6 is 0 Å². The van der Waals surface area contributed by atoms with Gasteiger partial charge in [-0.05, 0) is 19.1 Å². The predicted octanol–water partition coefficient (Wildman–Crippen LogP) is 2.11. The molecule has 0 aromatic heterocycles. The number of benzene rings is 2. The zero-order valence-electron chi connectivity index (χ0n) is 12.9. The van der Waals surface area contributed by atoms with Crippen LogP contribution in [0.5, 0.6) is 11.5 Å². The van der Waals surface area contributed by atoms with Gasteiger partial charge in [-0.2, -0.15) is 0 Å². The number of fused-ring (bicyclic) bond motifs is 2. The van der Waals surface area contributed by atoms with E-state index < -0.39 is 24.1 Å². The number of carbonyl (C=O) groups is 3. The van der Waals surface area contributed by atoms with Crippen LogP contribution in [0, 0.1) is 0 Å². The summed E-state index contributed by atoms with van der Waals surface area (Å²) < 4.78 is 10.1. The fraction of sp³-hybridized carbons (Fsp3) is 0.167. The topological polar surface area (TPSA) is 89.9 Å². The number of ketones is 2. The molecule has 1 aliphatic carbocycles. The highest BCUT2D eigenvalue weighted by molar-refractivity contribution is 6.30. The molecule has 0 bridgehead atoms. The first kappa shape index (κ1) is 15.7. The predicted molar refractivity (Wildman–Crippen MR) is 83.5 cm³/mol. The number of hydrogen-bond acceptors (Lipinski definition) is 6. The zero-order valence-corrected chi connectivity index (χ0v) is 12.9. The number of phenols is 1. The number of esters is 1. The first-order chi connectivity index (χ1) is 11.5. The number of ether oxygens (including phenoxy) is 2. The van der Waals surface area contributed by atoms with Gasteiger partial charge in [0, 0.05) is 11.1 Å². The average molecular weight is 326 g/mol. The van der Waals surface area contributed by atoms with Gasteiger partial charge in [-0.1, -0.05) is 24.3 Å². The van der Waals surface area contributed by atoms with E-state index in [-0.39, 0.29) is 40.4 Å². The van der Waals surface area contributed by atoms with Crippen LogP contribution in [0.2, 0.25) is 0 Å². The third-order valence-corrected chi connectivity index (χ3v) is 3.67. The molecule has 1 N–H and O–H groups in total. The standard InChI is InChI=1S/C18H14O6/c1-2-23-14(20)9-24-13-8-7-12(19)15-16(13)18(22)11-6-4-3-5-10(11)17(15)21/h3-8,19H,2,9H2,1H3. The molecular formula is C18H14O6. The van der Waals surface area contributed by atoms with Crippen molar-refractivity contribution in [2.45, 2.75) is 6.92 Å². The van der Waals surface area contributed by atoms with Crippen LogP contribution in [-0.2, 0) is 9.53 Å². The normalized spacial score (nSPS) is 12.4. The molecule has 0 spiro atoms.